The van der Waals surface area contributed by atoms with Gasteiger partial charge < -0.3 is 23.9 Å². The second-order valence-electron chi connectivity index (χ2n) is 12.7. The Balaban J connectivity index is 1.26. The lowest BCUT2D eigenvalue weighted by atomic mass is 10.0. The van der Waals surface area contributed by atoms with Gasteiger partial charge >= 0.3 is 17.9 Å². The normalized spacial score (nSPS) is 13.6. The minimum atomic E-state index is -1.75. The van der Waals surface area contributed by atoms with Gasteiger partial charge in [-0.3, -0.25) is 13.8 Å². The van der Waals surface area contributed by atoms with Gasteiger partial charge in [0.1, 0.15) is 45.2 Å². The van der Waals surface area contributed by atoms with Crippen LogP contribution in [0.3, 0.4) is 0 Å². The van der Waals surface area contributed by atoms with Crippen molar-refractivity contribution in [3.8, 4) is 27.7 Å². The Kier molecular flexibility index (Phi) is 13.7. The van der Waals surface area contributed by atoms with Gasteiger partial charge in [0.05, 0.1) is 12.8 Å². The Bertz CT molecular complexity index is 2660. The molecule has 60 heavy (non-hydrogen) atoms. The third-order valence-electron chi connectivity index (χ3n) is 8.73. The first-order chi connectivity index (χ1) is 28.6. The molecule has 5 aromatic rings. The standard InChI is InChI=1S/C40H29FN2O13S4/c1-22-31(15-23-3-11-29(12-4-23)60(2)51)30-13-7-25(41)16-33(30)32(22)19-38(45)53-27-10-14-35(55-37(44)18-28(56-43(49)50)21-52-42(47)48)34(17-27)40(46)54-26-8-5-24(6-9-26)36-20-39(57)59-58-36/h3-17,20,28H,18-19,21H2,1-2H3/b31-15-. The zero-order valence-electron chi connectivity index (χ0n) is 31.1. The summed E-state index contributed by atoms with van der Waals surface area (Å²) in [6, 6.07) is 23.0. The number of esters is 3. The van der Waals surface area contributed by atoms with E-state index in [9.17, 15) is 43.2 Å². The van der Waals surface area contributed by atoms with Crippen LogP contribution in [0, 0.1) is 29.9 Å². The minimum Gasteiger partial charge on any atom is -0.426 e. The fourth-order valence-corrected chi connectivity index (χ4v) is 8.92. The van der Waals surface area contributed by atoms with Gasteiger partial charge in [0.25, 0.3) is 10.2 Å². The fraction of sp³-hybridized carbons (Fsp3) is 0.150. The maximum absolute atomic E-state index is 14.6. The summed E-state index contributed by atoms with van der Waals surface area (Å²) in [4.78, 5) is 71.7. The van der Waals surface area contributed by atoms with E-state index in [1.165, 1.54) is 51.0 Å². The second-order valence-corrected chi connectivity index (χ2v) is 17.0. The van der Waals surface area contributed by atoms with Crippen molar-refractivity contribution >= 4 is 78.8 Å². The predicted octanol–water partition coefficient (Wildman–Crippen LogP) is 8.71. The van der Waals surface area contributed by atoms with Gasteiger partial charge in [-0.2, -0.15) is 0 Å². The molecular weight excluding hydrogens is 864 g/mol. The van der Waals surface area contributed by atoms with E-state index >= 15 is 0 Å². The highest BCUT2D eigenvalue weighted by molar-refractivity contribution is 7.84. The molecule has 4 aromatic carbocycles. The van der Waals surface area contributed by atoms with Crippen LogP contribution in [0.25, 0.3) is 27.7 Å². The summed E-state index contributed by atoms with van der Waals surface area (Å²) in [5.41, 5.74) is 4.25. The number of hydrogen-bond acceptors (Lipinski definition) is 16. The van der Waals surface area contributed by atoms with Crippen molar-refractivity contribution in [1.82, 2.24) is 0 Å². The highest BCUT2D eigenvalue weighted by Gasteiger charge is 2.28. The number of carbonyl (C=O) groups is 3. The molecule has 0 aliphatic heterocycles. The number of rotatable bonds is 16. The molecule has 0 saturated carbocycles. The summed E-state index contributed by atoms with van der Waals surface area (Å²) in [6.45, 7) is 0.802. The molecule has 308 valence electrons. The molecule has 1 aliphatic rings. The second kappa shape index (κ2) is 19.1. The Morgan fingerprint density at radius 3 is 2.22 bits per heavy atom. The monoisotopic (exact) mass is 892 g/mol. The van der Waals surface area contributed by atoms with Crippen molar-refractivity contribution in [2.75, 3.05) is 12.9 Å². The van der Waals surface area contributed by atoms with E-state index in [1.54, 1.807) is 55.6 Å². The summed E-state index contributed by atoms with van der Waals surface area (Å²) in [7, 11) is 1.74. The summed E-state index contributed by atoms with van der Waals surface area (Å²) in [5.74, 6) is -4.08. The van der Waals surface area contributed by atoms with E-state index in [0.29, 0.717) is 31.0 Å². The Hall–Kier alpha value is -6.48. The number of ether oxygens (including phenoxy) is 3. The number of fused-ring (bicyclic) bond motifs is 1. The first-order valence-corrected chi connectivity index (χ1v) is 21.5. The first-order valence-electron chi connectivity index (χ1n) is 17.4. The topological polar surface area (TPSA) is 201 Å². The van der Waals surface area contributed by atoms with Crippen molar-refractivity contribution in [3.05, 3.63) is 149 Å². The third kappa shape index (κ3) is 11.0. The van der Waals surface area contributed by atoms with Gasteiger partial charge in [0.15, 0.2) is 0 Å². The van der Waals surface area contributed by atoms with Crippen LogP contribution in [-0.4, -0.2) is 51.3 Å². The number of hydrogen-bond donors (Lipinski definition) is 0. The van der Waals surface area contributed by atoms with Crippen LogP contribution in [0.2, 0.25) is 0 Å². The summed E-state index contributed by atoms with van der Waals surface area (Å²) < 4.78 is 43.7. The zero-order valence-corrected chi connectivity index (χ0v) is 34.4. The van der Waals surface area contributed by atoms with E-state index in [4.69, 9.17) is 26.4 Å². The average Bonchev–Trinajstić information content (AvgIpc) is 3.74. The molecule has 1 aliphatic carbocycles. The molecule has 1 aromatic heterocycles. The maximum Gasteiger partial charge on any atom is 0.347 e. The van der Waals surface area contributed by atoms with Crippen LogP contribution in [0.5, 0.6) is 17.2 Å². The van der Waals surface area contributed by atoms with Crippen LogP contribution in [-0.2, 0) is 30.1 Å². The summed E-state index contributed by atoms with van der Waals surface area (Å²) >= 11 is 5.21. The van der Waals surface area contributed by atoms with Crippen LogP contribution in [0.4, 0.5) is 4.39 Å². The molecule has 15 nitrogen and oxygen atoms in total. The van der Waals surface area contributed by atoms with Gasteiger partial charge in [-0.25, -0.2) is 9.18 Å². The zero-order chi connectivity index (χ0) is 43.1. The smallest absolute Gasteiger partial charge is 0.347 e. The lowest BCUT2D eigenvalue weighted by molar-refractivity contribution is -0.789. The molecular formula is C40H29FN2O13S4. The number of carbonyl (C=O) groups excluding carboxylic acids is 3. The van der Waals surface area contributed by atoms with Gasteiger partial charge in [0.2, 0.25) is 0 Å². The van der Waals surface area contributed by atoms with E-state index in [-0.39, 0.29) is 17.9 Å². The first kappa shape index (κ1) is 43.1. The molecule has 0 spiro atoms. The molecule has 0 saturated heterocycles. The molecule has 6 rings (SSSR count). The van der Waals surface area contributed by atoms with E-state index in [2.05, 4.69) is 9.68 Å². The largest absolute Gasteiger partial charge is 0.426 e. The van der Waals surface area contributed by atoms with Crippen LogP contribution in [0.1, 0.15) is 46.8 Å². The van der Waals surface area contributed by atoms with Crippen molar-refractivity contribution < 1.29 is 57.0 Å². The van der Waals surface area contributed by atoms with Crippen LogP contribution in [0.15, 0.2) is 101 Å². The van der Waals surface area contributed by atoms with Gasteiger partial charge in [0, 0.05) is 26.8 Å². The highest BCUT2D eigenvalue weighted by Crippen LogP contribution is 2.44. The maximum atomic E-state index is 14.6. The Labute approximate surface area is 354 Å². The van der Waals surface area contributed by atoms with Crippen molar-refractivity contribution in [2.24, 2.45) is 0 Å². The van der Waals surface area contributed by atoms with Crippen molar-refractivity contribution in [3.63, 3.8) is 0 Å². The van der Waals surface area contributed by atoms with E-state index < -0.39 is 75.1 Å². The average molecular weight is 893 g/mol. The molecule has 0 bridgehead atoms. The number of allylic oxidation sites excluding steroid dienone is 2. The molecule has 0 radical (unpaired) electrons. The summed E-state index contributed by atoms with van der Waals surface area (Å²) in [6.07, 6.45) is 0.473. The molecule has 0 fully saturated rings. The van der Waals surface area contributed by atoms with Gasteiger partial charge in [-0.15, -0.1) is 20.2 Å². The van der Waals surface area contributed by atoms with Gasteiger partial charge in [-0.05, 0) is 125 Å². The van der Waals surface area contributed by atoms with Crippen molar-refractivity contribution in [1.29, 1.82) is 0 Å². The molecule has 1 heterocycles. The molecule has 0 amide bonds. The number of benzene rings is 4. The fourth-order valence-electron chi connectivity index (χ4n) is 6.00. The summed E-state index contributed by atoms with van der Waals surface area (Å²) in [5, 5.41) is 19.1. The molecule has 0 N–H and O–H groups in total. The quantitative estimate of drug-likeness (QED) is 0.0227. The Morgan fingerprint density at radius 2 is 1.57 bits per heavy atom. The van der Waals surface area contributed by atoms with Crippen LogP contribution >= 0.6 is 32.9 Å². The lowest BCUT2D eigenvalue weighted by Crippen LogP contribution is -2.29. The van der Waals surface area contributed by atoms with E-state index in [0.717, 1.165) is 33.7 Å². The highest BCUT2D eigenvalue weighted by atomic mass is 32.9. The Morgan fingerprint density at radius 1 is 0.850 bits per heavy atom. The minimum absolute atomic E-state index is 0.0910. The number of nitrogens with zero attached hydrogens (tertiary/aromatic N) is 2. The van der Waals surface area contributed by atoms with Gasteiger partial charge in [-0.1, -0.05) is 51.1 Å². The third-order valence-corrected chi connectivity index (χ3v) is 12.6. The SMILES string of the molecule is CC1=C(CC(=O)Oc2ccc(OC(=O)CC(CO[N+](=O)[O-])O[N+](=O)[O-])c(C(=O)Oc3ccc(-c4cc(=S)ss4)cc3)c2)c2cc(F)ccc2/C1=C\c1ccc(S(C)=O)cc1. The number of halogens is 1. The van der Waals surface area contributed by atoms with Crippen LogP contribution < -0.4 is 14.2 Å². The molecule has 20 heteroatoms. The predicted molar refractivity (Wildman–Crippen MR) is 221 cm³/mol. The van der Waals surface area contributed by atoms with E-state index in [1.807, 2.05) is 12.1 Å². The molecule has 2 atom stereocenters. The molecule has 2 unspecified atom stereocenters. The van der Waals surface area contributed by atoms with Crippen molar-refractivity contribution in [2.45, 2.75) is 30.8 Å². The lowest BCUT2D eigenvalue weighted by Gasteiger charge is -2.15.